The van der Waals surface area contributed by atoms with E-state index in [1.165, 1.54) is 0 Å². The van der Waals surface area contributed by atoms with E-state index in [0.29, 0.717) is 12.4 Å². The minimum absolute atomic E-state index is 0.112. The largest absolute Gasteiger partial charge is 0.493 e. The van der Waals surface area contributed by atoms with Gasteiger partial charge >= 0.3 is 0 Å². The van der Waals surface area contributed by atoms with E-state index in [1.54, 1.807) is 6.92 Å². The summed E-state index contributed by atoms with van der Waals surface area (Å²) >= 11 is 0. The average molecular weight is 289 g/mol. The third-order valence-electron chi connectivity index (χ3n) is 3.11. The van der Waals surface area contributed by atoms with Gasteiger partial charge in [-0.05, 0) is 31.9 Å². The predicted molar refractivity (Wildman–Crippen MR) is 76.8 cm³/mol. The van der Waals surface area contributed by atoms with Crippen LogP contribution in [-0.4, -0.2) is 33.1 Å². The zero-order valence-corrected chi connectivity index (χ0v) is 12.4. The summed E-state index contributed by atoms with van der Waals surface area (Å²) in [6, 6.07) is 5.68. The van der Waals surface area contributed by atoms with E-state index in [-0.39, 0.29) is 18.4 Å². The number of tetrazole rings is 1. The molecule has 112 valence electrons. The number of carbonyl (C=O) groups excluding carboxylic acids is 1. The van der Waals surface area contributed by atoms with E-state index in [4.69, 9.17) is 4.74 Å². The van der Waals surface area contributed by atoms with Crippen LogP contribution in [0.3, 0.4) is 0 Å². The number of para-hydroxylation sites is 1. The number of aromatic amines is 1. The molecule has 2 aromatic rings. The fourth-order valence-corrected chi connectivity index (χ4v) is 2.00. The fourth-order valence-electron chi connectivity index (χ4n) is 2.00. The van der Waals surface area contributed by atoms with Crippen molar-refractivity contribution in [1.82, 2.24) is 25.9 Å². The Morgan fingerprint density at radius 3 is 2.71 bits per heavy atom. The lowest BCUT2D eigenvalue weighted by Crippen LogP contribution is -2.28. The first-order chi connectivity index (χ1) is 10.1. The number of rotatable bonds is 6. The van der Waals surface area contributed by atoms with Gasteiger partial charge in [-0.3, -0.25) is 4.79 Å². The maximum absolute atomic E-state index is 11.8. The molecule has 0 bridgehead atoms. The minimum atomic E-state index is -0.281. The maximum Gasteiger partial charge on any atom is 0.224 e. The monoisotopic (exact) mass is 289 g/mol. The van der Waals surface area contributed by atoms with Gasteiger partial charge in [0, 0.05) is 0 Å². The molecule has 1 heterocycles. The van der Waals surface area contributed by atoms with Crippen LogP contribution < -0.4 is 10.1 Å². The highest BCUT2D eigenvalue weighted by Gasteiger charge is 2.13. The number of hydrogen-bond acceptors (Lipinski definition) is 5. The van der Waals surface area contributed by atoms with Gasteiger partial charge in [0.15, 0.2) is 5.82 Å². The van der Waals surface area contributed by atoms with Crippen LogP contribution in [0.2, 0.25) is 0 Å². The van der Waals surface area contributed by atoms with Gasteiger partial charge in [-0.15, -0.1) is 10.2 Å². The smallest absolute Gasteiger partial charge is 0.224 e. The second-order valence-corrected chi connectivity index (χ2v) is 4.88. The number of aryl methyl sites for hydroxylation is 2. The number of ether oxygens (including phenoxy) is 1. The number of benzene rings is 1. The Hall–Kier alpha value is -2.44. The van der Waals surface area contributed by atoms with Gasteiger partial charge in [0.25, 0.3) is 0 Å². The number of amides is 1. The molecule has 1 unspecified atom stereocenters. The third kappa shape index (κ3) is 4.01. The van der Waals surface area contributed by atoms with Crippen molar-refractivity contribution >= 4 is 5.91 Å². The highest BCUT2D eigenvalue weighted by atomic mass is 16.5. The van der Waals surface area contributed by atoms with Crippen LogP contribution in [0.1, 0.15) is 36.3 Å². The molecule has 21 heavy (non-hydrogen) atoms. The average Bonchev–Trinajstić information content (AvgIpc) is 2.96. The van der Waals surface area contributed by atoms with Crippen molar-refractivity contribution in [2.45, 2.75) is 33.2 Å². The summed E-state index contributed by atoms with van der Waals surface area (Å²) in [7, 11) is 0. The van der Waals surface area contributed by atoms with Gasteiger partial charge in [-0.2, -0.15) is 5.21 Å². The van der Waals surface area contributed by atoms with Crippen molar-refractivity contribution < 1.29 is 9.53 Å². The number of carbonyl (C=O) groups is 1. The number of hydrogen-bond donors (Lipinski definition) is 2. The lowest BCUT2D eigenvalue weighted by atomic mass is 10.1. The summed E-state index contributed by atoms with van der Waals surface area (Å²) in [5, 5.41) is 16.3. The molecule has 0 aliphatic rings. The molecule has 1 atom stereocenters. The first kappa shape index (κ1) is 15.0. The van der Waals surface area contributed by atoms with Gasteiger partial charge in [0.2, 0.25) is 5.91 Å². The lowest BCUT2D eigenvalue weighted by molar-refractivity contribution is -0.122. The SMILES string of the molecule is Cc1cccc(C)c1OCCC(=O)NC(C)c1nn[nH]n1. The Bertz CT molecular complexity index is 577. The van der Waals surface area contributed by atoms with Crippen LogP contribution >= 0.6 is 0 Å². The van der Waals surface area contributed by atoms with E-state index in [2.05, 4.69) is 25.9 Å². The van der Waals surface area contributed by atoms with E-state index >= 15 is 0 Å². The normalized spacial score (nSPS) is 12.0. The molecule has 7 nitrogen and oxygen atoms in total. The highest BCUT2D eigenvalue weighted by molar-refractivity contribution is 5.76. The minimum Gasteiger partial charge on any atom is -0.493 e. The second kappa shape index (κ2) is 6.83. The van der Waals surface area contributed by atoms with Crippen LogP contribution in [0, 0.1) is 13.8 Å². The molecular weight excluding hydrogens is 270 g/mol. The zero-order chi connectivity index (χ0) is 15.2. The standard InChI is InChI=1S/C14H19N5O2/c1-9-5-4-6-10(2)13(9)21-8-7-12(20)15-11(3)14-16-18-19-17-14/h4-6,11H,7-8H2,1-3H3,(H,15,20)(H,16,17,18,19). The summed E-state index contributed by atoms with van der Waals surface area (Å²) in [6.07, 6.45) is 0.274. The van der Waals surface area contributed by atoms with Gasteiger partial charge in [0.05, 0.1) is 19.1 Å². The van der Waals surface area contributed by atoms with Crippen molar-refractivity contribution in [3.8, 4) is 5.75 Å². The molecule has 0 spiro atoms. The van der Waals surface area contributed by atoms with E-state index in [0.717, 1.165) is 16.9 Å². The fraction of sp³-hybridized carbons (Fsp3) is 0.429. The Kier molecular flexibility index (Phi) is 4.86. The van der Waals surface area contributed by atoms with Gasteiger partial charge < -0.3 is 10.1 Å². The number of H-pyrrole nitrogens is 1. The molecule has 0 aliphatic heterocycles. The summed E-state index contributed by atoms with van der Waals surface area (Å²) in [5.41, 5.74) is 2.13. The first-order valence-electron chi connectivity index (χ1n) is 6.79. The van der Waals surface area contributed by atoms with Gasteiger partial charge in [0.1, 0.15) is 5.75 Å². The van der Waals surface area contributed by atoms with Crippen LogP contribution in [0.15, 0.2) is 18.2 Å². The maximum atomic E-state index is 11.8. The molecule has 0 radical (unpaired) electrons. The van der Waals surface area contributed by atoms with E-state index in [9.17, 15) is 4.79 Å². The van der Waals surface area contributed by atoms with Crippen molar-refractivity contribution in [2.24, 2.45) is 0 Å². The highest BCUT2D eigenvalue weighted by Crippen LogP contribution is 2.22. The molecule has 1 aromatic heterocycles. The molecule has 0 saturated carbocycles. The topological polar surface area (TPSA) is 92.8 Å². The third-order valence-corrected chi connectivity index (χ3v) is 3.11. The summed E-state index contributed by atoms with van der Waals surface area (Å²) in [6.45, 7) is 6.10. The van der Waals surface area contributed by atoms with Crippen LogP contribution in [0.25, 0.3) is 0 Å². The molecule has 7 heteroatoms. The second-order valence-electron chi connectivity index (χ2n) is 4.88. The van der Waals surface area contributed by atoms with Crippen LogP contribution in [-0.2, 0) is 4.79 Å². The Balaban J connectivity index is 1.79. The number of aromatic nitrogens is 4. The first-order valence-corrected chi connectivity index (χ1v) is 6.79. The lowest BCUT2D eigenvalue weighted by Gasteiger charge is -2.13. The molecule has 1 amide bonds. The van der Waals surface area contributed by atoms with E-state index in [1.807, 2.05) is 32.0 Å². The number of nitrogens with one attached hydrogen (secondary N) is 2. The van der Waals surface area contributed by atoms with Crippen LogP contribution in [0.5, 0.6) is 5.75 Å². The van der Waals surface area contributed by atoms with Crippen molar-refractivity contribution in [3.63, 3.8) is 0 Å². The van der Waals surface area contributed by atoms with Crippen molar-refractivity contribution in [2.75, 3.05) is 6.61 Å². The summed E-state index contributed by atoms with van der Waals surface area (Å²) in [4.78, 5) is 11.8. The van der Waals surface area contributed by atoms with Gasteiger partial charge in [-0.1, -0.05) is 23.4 Å². The van der Waals surface area contributed by atoms with Gasteiger partial charge in [-0.25, -0.2) is 0 Å². The summed E-state index contributed by atoms with van der Waals surface area (Å²) in [5.74, 6) is 1.19. The molecule has 2 rings (SSSR count). The molecule has 0 aliphatic carbocycles. The van der Waals surface area contributed by atoms with E-state index < -0.39 is 0 Å². The Morgan fingerprint density at radius 2 is 2.10 bits per heavy atom. The molecule has 0 fully saturated rings. The van der Waals surface area contributed by atoms with Crippen molar-refractivity contribution in [1.29, 1.82) is 0 Å². The Morgan fingerprint density at radius 1 is 1.38 bits per heavy atom. The molecule has 2 N–H and O–H groups in total. The van der Waals surface area contributed by atoms with Crippen molar-refractivity contribution in [3.05, 3.63) is 35.2 Å². The summed E-state index contributed by atoms with van der Waals surface area (Å²) < 4.78 is 5.70. The number of nitrogens with zero attached hydrogens (tertiary/aromatic N) is 3. The zero-order valence-electron chi connectivity index (χ0n) is 12.4. The van der Waals surface area contributed by atoms with Crippen LogP contribution in [0.4, 0.5) is 0 Å². The predicted octanol–water partition coefficient (Wildman–Crippen LogP) is 1.46. The molecule has 0 saturated heterocycles. The Labute approximate surface area is 123 Å². The molecule has 1 aromatic carbocycles. The quantitative estimate of drug-likeness (QED) is 0.840. The molecular formula is C14H19N5O2.